The van der Waals surface area contributed by atoms with Gasteiger partial charge in [-0.15, -0.1) is 0 Å². The van der Waals surface area contributed by atoms with Crippen LogP contribution in [-0.4, -0.2) is 31.1 Å². The average molecular weight is 421 g/mol. The van der Waals surface area contributed by atoms with Crippen molar-refractivity contribution < 1.29 is 23.5 Å². The van der Waals surface area contributed by atoms with Crippen LogP contribution in [0.4, 0.5) is 10.1 Å². The molecule has 9 heteroatoms. The van der Waals surface area contributed by atoms with Gasteiger partial charge in [0.15, 0.2) is 16.6 Å². The molecule has 0 aliphatic carbocycles. The standard InChI is InChI=1S/C19H14ClFN2O4S/c1-26-15-8-10(7-14(20)16(15)27-2)6-13-17(24)22-19(28)23(18(13)25)12-5-3-4-11(21)9-12/h3-9H,1-2H3,(H,22,24,28). The molecule has 1 N–H and O–H groups in total. The summed E-state index contributed by atoms with van der Waals surface area (Å²) < 4.78 is 24.0. The topological polar surface area (TPSA) is 67.9 Å². The van der Waals surface area contributed by atoms with Crippen molar-refractivity contribution in [3.05, 3.63) is 58.4 Å². The molecule has 0 bridgehead atoms. The number of halogens is 2. The quantitative estimate of drug-likeness (QED) is 0.467. The fourth-order valence-corrected chi connectivity index (χ4v) is 3.27. The summed E-state index contributed by atoms with van der Waals surface area (Å²) in [4.78, 5) is 26.3. The zero-order chi connectivity index (χ0) is 20.4. The number of amides is 2. The van der Waals surface area contributed by atoms with Crippen LogP contribution in [0.25, 0.3) is 6.08 Å². The maximum Gasteiger partial charge on any atom is 0.270 e. The predicted molar refractivity (Wildman–Crippen MR) is 107 cm³/mol. The number of rotatable bonds is 4. The van der Waals surface area contributed by atoms with E-state index in [4.69, 9.17) is 33.3 Å². The number of anilines is 1. The second-order valence-corrected chi connectivity index (χ2v) is 6.47. The van der Waals surface area contributed by atoms with Crippen molar-refractivity contribution >= 4 is 52.5 Å². The van der Waals surface area contributed by atoms with E-state index in [9.17, 15) is 14.0 Å². The minimum absolute atomic E-state index is 0.136. The Kier molecular flexibility index (Phi) is 5.62. The van der Waals surface area contributed by atoms with Crippen molar-refractivity contribution in [2.24, 2.45) is 0 Å². The van der Waals surface area contributed by atoms with Crippen LogP contribution in [0.3, 0.4) is 0 Å². The summed E-state index contributed by atoms with van der Waals surface area (Å²) >= 11 is 11.3. The molecule has 144 valence electrons. The fraction of sp³-hybridized carbons (Fsp3) is 0.105. The molecule has 0 aromatic heterocycles. The van der Waals surface area contributed by atoms with Gasteiger partial charge in [-0.25, -0.2) is 4.39 Å². The number of carbonyl (C=O) groups excluding carboxylic acids is 2. The first-order chi connectivity index (χ1) is 13.3. The summed E-state index contributed by atoms with van der Waals surface area (Å²) in [5, 5.41) is 2.54. The van der Waals surface area contributed by atoms with Gasteiger partial charge in [-0.05, 0) is 54.2 Å². The zero-order valence-corrected chi connectivity index (χ0v) is 16.4. The summed E-state index contributed by atoms with van der Waals surface area (Å²) in [6.45, 7) is 0. The Bertz CT molecular complexity index is 1020. The highest BCUT2D eigenvalue weighted by molar-refractivity contribution is 7.80. The molecule has 0 unspecified atom stereocenters. The SMILES string of the molecule is COc1cc(C=C2C(=O)NC(=S)N(c3cccc(F)c3)C2=O)cc(Cl)c1OC. The molecule has 0 atom stereocenters. The second kappa shape index (κ2) is 7.95. The number of benzene rings is 2. The van der Waals surface area contributed by atoms with Gasteiger partial charge >= 0.3 is 0 Å². The molecule has 1 aliphatic rings. The first-order valence-corrected chi connectivity index (χ1v) is 8.73. The largest absolute Gasteiger partial charge is 0.493 e. The number of thiocarbonyl (C=S) groups is 1. The highest BCUT2D eigenvalue weighted by atomic mass is 35.5. The minimum atomic E-state index is -0.690. The number of methoxy groups -OCH3 is 2. The van der Waals surface area contributed by atoms with Crippen LogP contribution in [-0.2, 0) is 9.59 Å². The van der Waals surface area contributed by atoms with Crippen molar-refractivity contribution in [2.45, 2.75) is 0 Å². The van der Waals surface area contributed by atoms with Crippen LogP contribution in [0.5, 0.6) is 11.5 Å². The van der Waals surface area contributed by atoms with Gasteiger partial charge < -0.3 is 9.47 Å². The van der Waals surface area contributed by atoms with Crippen LogP contribution in [0.2, 0.25) is 5.02 Å². The lowest BCUT2D eigenvalue weighted by molar-refractivity contribution is -0.122. The van der Waals surface area contributed by atoms with Crippen LogP contribution >= 0.6 is 23.8 Å². The third-order valence-electron chi connectivity index (χ3n) is 3.93. The van der Waals surface area contributed by atoms with E-state index in [1.54, 1.807) is 6.07 Å². The van der Waals surface area contributed by atoms with E-state index >= 15 is 0 Å². The summed E-state index contributed by atoms with van der Waals surface area (Å²) in [6, 6.07) is 8.42. The smallest absolute Gasteiger partial charge is 0.270 e. The lowest BCUT2D eigenvalue weighted by Crippen LogP contribution is -2.54. The summed E-state index contributed by atoms with van der Waals surface area (Å²) in [7, 11) is 2.88. The van der Waals surface area contributed by atoms with Crippen LogP contribution in [0, 0.1) is 5.82 Å². The lowest BCUT2D eigenvalue weighted by Gasteiger charge is -2.29. The van der Waals surface area contributed by atoms with E-state index in [0.717, 1.165) is 11.0 Å². The average Bonchev–Trinajstić information content (AvgIpc) is 2.64. The molecule has 2 aromatic carbocycles. The lowest BCUT2D eigenvalue weighted by atomic mass is 10.1. The van der Waals surface area contributed by atoms with Crippen LogP contribution in [0.1, 0.15) is 5.56 Å². The van der Waals surface area contributed by atoms with E-state index in [1.165, 1.54) is 44.6 Å². The first kappa shape index (κ1) is 19.8. The molecule has 1 aliphatic heterocycles. The number of nitrogens with one attached hydrogen (secondary N) is 1. The minimum Gasteiger partial charge on any atom is -0.493 e. The highest BCUT2D eigenvalue weighted by Gasteiger charge is 2.34. The Morgan fingerprint density at radius 3 is 2.57 bits per heavy atom. The molecular weight excluding hydrogens is 407 g/mol. The third kappa shape index (κ3) is 3.69. The van der Waals surface area contributed by atoms with Crippen LogP contribution in [0.15, 0.2) is 42.0 Å². The van der Waals surface area contributed by atoms with Crippen molar-refractivity contribution in [3.63, 3.8) is 0 Å². The Hall–Kier alpha value is -2.97. The molecule has 2 amide bonds. The molecular formula is C19H14ClFN2O4S. The van der Waals surface area contributed by atoms with Crippen LogP contribution < -0.4 is 19.7 Å². The molecule has 1 heterocycles. The van der Waals surface area contributed by atoms with E-state index in [2.05, 4.69) is 5.32 Å². The monoisotopic (exact) mass is 420 g/mol. The van der Waals surface area contributed by atoms with E-state index in [0.29, 0.717) is 17.1 Å². The summed E-state index contributed by atoms with van der Waals surface area (Å²) in [6.07, 6.45) is 1.35. The number of carbonyl (C=O) groups is 2. The first-order valence-electron chi connectivity index (χ1n) is 7.94. The Morgan fingerprint density at radius 1 is 1.18 bits per heavy atom. The number of hydrogen-bond acceptors (Lipinski definition) is 5. The van der Waals surface area contributed by atoms with Gasteiger partial charge in [0, 0.05) is 0 Å². The molecule has 2 aromatic rings. The van der Waals surface area contributed by atoms with E-state index < -0.39 is 17.6 Å². The summed E-state index contributed by atoms with van der Waals surface area (Å²) in [5.74, 6) is -1.24. The Labute approximate surface area is 170 Å². The Balaban J connectivity index is 2.06. The Morgan fingerprint density at radius 2 is 1.93 bits per heavy atom. The molecule has 6 nitrogen and oxygen atoms in total. The molecule has 1 saturated heterocycles. The van der Waals surface area contributed by atoms with Crippen molar-refractivity contribution in [2.75, 3.05) is 19.1 Å². The van der Waals surface area contributed by atoms with Gasteiger partial charge in [0.05, 0.1) is 24.9 Å². The normalized spacial score (nSPS) is 15.6. The highest BCUT2D eigenvalue weighted by Crippen LogP contribution is 2.37. The van der Waals surface area contributed by atoms with Gasteiger partial charge in [-0.3, -0.25) is 19.8 Å². The molecule has 0 spiro atoms. The van der Waals surface area contributed by atoms with E-state index in [-0.39, 0.29) is 21.4 Å². The molecule has 0 saturated carbocycles. The molecule has 3 rings (SSSR count). The maximum atomic E-state index is 13.6. The third-order valence-corrected chi connectivity index (χ3v) is 4.50. The number of ether oxygens (including phenoxy) is 2. The zero-order valence-electron chi connectivity index (χ0n) is 14.8. The second-order valence-electron chi connectivity index (χ2n) is 5.68. The van der Waals surface area contributed by atoms with E-state index in [1.807, 2.05) is 0 Å². The van der Waals surface area contributed by atoms with Crippen molar-refractivity contribution in [1.29, 1.82) is 0 Å². The van der Waals surface area contributed by atoms with Gasteiger partial charge in [-0.2, -0.15) is 0 Å². The number of nitrogens with zero attached hydrogens (tertiary/aromatic N) is 1. The van der Waals surface area contributed by atoms with Gasteiger partial charge in [-0.1, -0.05) is 17.7 Å². The predicted octanol–water partition coefficient (Wildman–Crippen LogP) is 3.33. The van der Waals surface area contributed by atoms with Crippen molar-refractivity contribution in [3.8, 4) is 11.5 Å². The van der Waals surface area contributed by atoms with Gasteiger partial charge in [0.1, 0.15) is 11.4 Å². The molecule has 1 fully saturated rings. The van der Waals surface area contributed by atoms with Gasteiger partial charge in [0.25, 0.3) is 11.8 Å². The van der Waals surface area contributed by atoms with Gasteiger partial charge in [0.2, 0.25) is 0 Å². The fourth-order valence-electron chi connectivity index (χ4n) is 2.70. The maximum absolute atomic E-state index is 13.6. The molecule has 28 heavy (non-hydrogen) atoms. The number of hydrogen-bond donors (Lipinski definition) is 1. The van der Waals surface area contributed by atoms with Crippen molar-refractivity contribution in [1.82, 2.24) is 5.32 Å². The summed E-state index contributed by atoms with van der Waals surface area (Å²) in [5.41, 5.74) is 0.445. The molecule has 0 radical (unpaired) electrons.